The van der Waals surface area contributed by atoms with Crippen LogP contribution in [0.1, 0.15) is 11.1 Å². The summed E-state index contributed by atoms with van der Waals surface area (Å²) in [7, 11) is 0. The minimum absolute atomic E-state index is 0.270. The lowest BCUT2D eigenvalue weighted by Crippen LogP contribution is -2.48. The lowest BCUT2D eigenvalue weighted by Gasteiger charge is -2.34. The van der Waals surface area contributed by atoms with E-state index in [0.29, 0.717) is 0 Å². The van der Waals surface area contributed by atoms with E-state index in [4.69, 9.17) is 0 Å². The Hall–Kier alpha value is -2.74. The van der Waals surface area contributed by atoms with E-state index >= 15 is 0 Å². The Bertz CT molecular complexity index is 812. The van der Waals surface area contributed by atoms with Crippen LogP contribution in [0, 0.1) is 0 Å². The number of benzene rings is 3. The first-order chi connectivity index (χ1) is 11.4. The van der Waals surface area contributed by atoms with Gasteiger partial charge in [0.2, 0.25) is 0 Å². The molecular formula is C21H18BN. The minimum atomic E-state index is 0.270. The van der Waals surface area contributed by atoms with Gasteiger partial charge in [-0.3, -0.25) is 0 Å². The summed E-state index contributed by atoms with van der Waals surface area (Å²) in [5.74, 6) is 2.31. The number of nitrogens with zero attached hydrogens (tertiary/aromatic N) is 1. The molecule has 0 aromatic heterocycles. The maximum Gasteiger partial charge on any atom is 0.316 e. The first-order valence-electron chi connectivity index (χ1n) is 8.04. The van der Waals surface area contributed by atoms with E-state index in [2.05, 4.69) is 102 Å². The highest BCUT2D eigenvalue weighted by Gasteiger charge is 2.27. The second-order valence-corrected chi connectivity index (χ2v) is 5.89. The summed E-state index contributed by atoms with van der Waals surface area (Å²) in [6.07, 6.45) is 2.24. The quantitative estimate of drug-likeness (QED) is 0.656. The van der Waals surface area contributed by atoms with Crippen molar-refractivity contribution in [2.24, 2.45) is 0 Å². The summed E-state index contributed by atoms with van der Waals surface area (Å²) < 4.78 is 0. The van der Waals surface area contributed by atoms with E-state index in [-0.39, 0.29) is 6.85 Å². The van der Waals surface area contributed by atoms with Crippen LogP contribution in [-0.4, -0.2) is 6.85 Å². The Morgan fingerprint density at radius 2 is 1.35 bits per heavy atom. The Labute approximate surface area is 138 Å². The molecule has 0 aliphatic carbocycles. The van der Waals surface area contributed by atoms with Gasteiger partial charge in [-0.05, 0) is 17.2 Å². The Morgan fingerprint density at radius 1 is 0.696 bits per heavy atom. The Morgan fingerprint density at radius 3 is 2.13 bits per heavy atom. The molecule has 1 nitrogen and oxygen atoms in total. The fourth-order valence-corrected chi connectivity index (χ4v) is 3.24. The average molecular weight is 295 g/mol. The van der Waals surface area contributed by atoms with Gasteiger partial charge in [0.25, 0.3) is 0 Å². The van der Waals surface area contributed by atoms with Crippen LogP contribution in [0.15, 0.2) is 90.9 Å². The molecule has 1 aliphatic heterocycles. The number of anilines is 1. The number of para-hydroxylation sites is 1. The summed E-state index contributed by atoms with van der Waals surface area (Å²) >= 11 is 0. The Kier molecular flexibility index (Phi) is 3.73. The van der Waals surface area contributed by atoms with Crippen LogP contribution < -0.4 is 10.3 Å². The van der Waals surface area contributed by atoms with Crippen molar-refractivity contribution in [2.75, 3.05) is 4.81 Å². The van der Waals surface area contributed by atoms with Gasteiger partial charge in [-0.1, -0.05) is 96.4 Å². The van der Waals surface area contributed by atoms with Gasteiger partial charge in [0.1, 0.15) is 0 Å². The third kappa shape index (κ3) is 2.80. The van der Waals surface area contributed by atoms with E-state index in [9.17, 15) is 0 Å². The van der Waals surface area contributed by atoms with Crippen LogP contribution in [0.5, 0.6) is 0 Å². The van der Waals surface area contributed by atoms with Crippen LogP contribution >= 0.6 is 0 Å². The fourth-order valence-electron chi connectivity index (χ4n) is 3.24. The van der Waals surface area contributed by atoms with Gasteiger partial charge in [-0.2, -0.15) is 0 Å². The highest BCUT2D eigenvalue weighted by atomic mass is 15.1. The third-order valence-electron chi connectivity index (χ3n) is 4.38. The fraction of sp³-hybridized carbons (Fsp3) is 0.0476. The maximum absolute atomic E-state index is 2.49. The Balaban J connectivity index is 1.77. The van der Waals surface area contributed by atoms with E-state index < -0.39 is 0 Å². The molecule has 0 spiro atoms. The first-order valence-corrected chi connectivity index (χ1v) is 8.04. The molecule has 0 saturated heterocycles. The number of fused-ring (bicyclic) bond motifs is 1. The standard InChI is InChI=1S/C21H18BN/c1-3-9-18(10-4-1)17-23-21-14-8-7-11-19(21)15-16-22(23)20-12-5-2-6-13-20/h1-16H,17H2. The van der Waals surface area contributed by atoms with Gasteiger partial charge in [-0.25, -0.2) is 0 Å². The monoisotopic (exact) mass is 295 g/mol. The summed E-state index contributed by atoms with van der Waals surface area (Å²) in [6, 6.07) is 30.0. The predicted octanol–water partition coefficient (Wildman–Crippen LogP) is 4.16. The van der Waals surface area contributed by atoms with Crippen molar-refractivity contribution in [3.63, 3.8) is 0 Å². The lowest BCUT2D eigenvalue weighted by molar-refractivity contribution is 1.02. The van der Waals surface area contributed by atoms with Crippen molar-refractivity contribution in [3.05, 3.63) is 102 Å². The molecule has 0 N–H and O–H groups in total. The highest BCUT2D eigenvalue weighted by Crippen LogP contribution is 2.28. The van der Waals surface area contributed by atoms with Gasteiger partial charge in [-0.15, -0.1) is 0 Å². The van der Waals surface area contributed by atoms with Crippen LogP contribution in [0.4, 0.5) is 5.69 Å². The smallest absolute Gasteiger partial charge is 0.316 e. The second-order valence-electron chi connectivity index (χ2n) is 5.89. The summed E-state index contributed by atoms with van der Waals surface area (Å²) in [5.41, 5.74) is 5.25. The first kappa shape index (κ1) is 13.9. The number of hydrogen-bond donors (Lipinski definition) is 0. The van der Waals surface area contributed by atoms with E-state index in [0.717, 1.165) is 6.54 Å². The van der Waals surface area contributed by atoms with Crippen molar-refractivity contribution >= 4 is 24.1 Å². The molecule has 1 heterocycles. The lowest BCUT2D eigenvalue weighted by atomic mass is 9.52. The van der Waals surface area contributed by atoms with Crippen LogP contribution in [0.2, 0.25) is 0 Å². The molecule has 3 aromatic carbocycles. The van der Waals surface area contributed by atoms with Gasteiger partial charge in [0.05, 0.1) is 0 Å². The molecule has 0 saturated carbocycles. The molecular weight excluding hydrogens is 277 g/mol. The maximum atomic E-state index is 2.49. The van der Waals surface area contributed by atoms with Crippen molar-refractivity contribution in [3.8, 4) is 0 Å². The number of hydrogen-bond acceptors (Lipinski definition) is 1. The highest BCUT2D eigenvalue weighted by molar-refractivity contribution is 6.82. The molecule has 23 heavy (non-hydrogen) atoms. The molecule has 3 aromatic rings. The van der Waals surface area contributed by atoms with E-state index in [1.807, 2.05) is 0 Å². The molecule has 0 unspecified atom stereocenters. The van der Waals surface area contributed by atoms with Crippen molar-refractivity contribution in [1.29, 1.82) is 0 Å². The molecule has 0 amide bonds. The molecule has 1 aliphatic rings. The zero-order chi connectivity index (χ0) is 15.5. The topological polar surface area (TPSA) is 3.24 Å². The van der Waals surface area contributed by atoms with Gasteiger partial charge >= 0.3 is 6.85 Å². The number of rotatable bonds is 3. The predicted molar refractivity (Wildman–Crippen MR) is 99.9 cm³/mol. The molecule has 0 fully saturated rings. The van der Waals surface area contributed by atoms with Crippen LogP contribution in [-0.2, 0) is 6.54 Å². The summed E-state index contributed by atoms with van der Waals surface area (Å²) in [4.78, 5) is 2.49. The average Bonchev–Trinajstić information content (AvgIpc) is 2.64. The van der Waals surface area contributed by atoms with Gasteiger partial charge in [0.15, 0.2) is 0 Å². The van der Waals surface area contributed by atoms with Gasteiger partial charge < -0.3 is 4.81 Å². The van der Waals surface area contributed by atoms with Crippen molar-refractivity contribution in [2.45, 2.75) is 6.54 Å². The van der Waals surface area contributed by atoms with Crippen LogP contribution in [0.3, 0.4) is 0 Å². The summed E-state index contributed by atoms with van der Waals surface area (Å²) in [5, 5.41) is 0. The molecule has 110 valence electrons. The summed E-state index contributed by atoms with van der Waals surface area (Å²) in [6.45, 7) is 1.17. The molecule has 0 atom stereocenters. The van der Waals surface area contributed by atoms with Gasteiger partial charge in [0, 0.05) is 12.2 Å². The molecule has 0 radical (unpaired) electrons. The second kappa shape index (κ2) is 6.17. The van der Waals surface area contributed by atoms with E-state index in [1.54, 1.807) is 0 Å². The van der Waals surface area contributed by atoms with Crippen molar-refractivity contribution in [1.82, 2.24) is 0 Å². The zero-order valence-electron chi connectivity index (χ0n) is 13.0. The van der Waals surface area contributed by atoms with E-state index in [1.165, 1.54) is 22.3 Å². The van der Waals surface area contributed by atoms with Crippen LogP contribution in [0.25, 0.3) is 6.08 Å². The SMILES string of the molecule is C1=Cc2ccccc2N(Cc2ccccc2)B1c1ccccc1. The van der Waals surface area contributed by atoms with Crippen molar-refractivity contribution < 1.29 is 0 Å². The minimum Gasteiger partial charge on any atom is -0.403 e. The largest absolute Gasteiger partial charge is 0.403 e. The third-order valence-corrected chi connectivity index (χ3v) is 4.38. The normalized spacial score (nSPS) is 13.0. The molecule has 2 heteroatoms. The molecule has 0 bridgehead atoms. The zero-order valence-corrected chi connectivity index (χ0v) is 13.0. The molecule has 4 rings (SSSR count).